The van der Waals surface area contributed by atoms with Crippen molar-refractivity contribution in [2.75, 3.05) is 6.61 Å². The normalized spacial score (nSPS) is 25.5. The van der Waals surface area contributed by atoms with Gasteiger partial charge in [0.1, 0.15) is 12.2 Å². The topological polar surface area (TPSA) is 210 Å². The fourth-order valence-corrected chi connectivity index (χ4v) is 19.5. The molecular formula is C61H61F5O13S5. The van der Waals surface area contributed by atoms with Gasteiger partial charge in [0, 0.05) is 18.3 Å². The summed E-state index contributed by atoms with van der Waals surface area (Å²) in [6.45, 7) is 1.47. The Morgan fingerprint density at radius 1 is 0.607 bits per heavy atom. The van der Waals surface area contributed by atoms with E-state index in [0.717, 1.165) is 38.5 Å². The summed E-state index contributed by atoms with van der Waals surface area (Å²) in [5.41, 5.74) is 0.715. The van der Waals surface area contributed by atoms with Gasteiger partial charge in [0.2, 0.25) is 0 Å². The zero-order valence-corrected chi connectivity index (χ0v) is 49.3. The van der Waals surface area contributed by atoms with E-state index < -0.39 is 107 Å². The molecule has 6 saturated carbocycles. The Balaban J connectivity index is 0.000000135. The lowest BCUT2D eigenvalue weighted by atomic mass is 9.49. The summed E-state index contributed by atoms with van der Waals surface area (Å²) in [7, 11) is -16.2. The van der Waals surface area contributed by atoms with Crippen LogP contribution >= 0.6 is 0 Å². The van der Waals surface area contributed by atoms with Crippen LogP contribution in [0.15, 0.2) is 205 Å². The van der Waals surface area contributed by atoms with Crippen molar-refractivity contribution in [3.05, 3.63) is 181 Å². The van der Waals surface area contributed by atoms with E-state index in [1.165, 1.54) is 34.9 Å². The van der Waals surface area contributed by atoms with Crippen LogP contribution < -0.4 is 0 Å². The highest BCUT2D eigenvalue weighted by molar-refractivity contribution is 7.97. The highest BCUT2D eigenvalue weighted by Crippen LogP contribution is 2.60. The van der Waals surface area contributed by atoms with Crippen molar-refractivity contribution in [3.63, 3.8) is 0 Å². The number of halogens is 5. The van der Waals surface area contributed by atoms with Crippen molar-refractivity contribution in [2.24, 2.45) is 35.0 Å². The Morgan fingerprint density at radius 3 is 1.36 bits per heavy atom. The van der Waals surface area contributed by atoms with Crippen molar-refractivity contribution in [2.45, 2.75) is 128 Å². The number of fused-ring (bicyclic) bond motifs is 1. The SMILES string of the molecule is Cc1ccc([S+](c2ccccc2)c2ccccc2)cc1.O=C(OC1C2CC3C1OS(=O)(=O)C3C2)C(F)(F)S(=O)(=O)[O-].O=C(OCCC(F)C(F)(F)S(=O)(=O)[O-])C12CC3CC(CC(C3)C1)C2.c1ccc([S+](c2ccccc2)c2ccccc2)cc1. The summed E-state index contributed by atoms with van der Waals surface area (Å²) in [5.74, 6) is -2.48. The molecule has 448 valence electrons. The number of hydrogen-bond acceptors (Lipinski definition) is 13. The average molecular weight is 1260 g/mol. The van der Waals surface area contributed by atoms with Crippen molar-refractivity contribution in [3.8, 4) is 0 Å². The van der Waals surface area contributed by atoms with Gasteiger partial charge in [-0.2, -0.15) is 26.0 Å². The van der Waals surface area contributed by atoms with Gasteiger partial charge in [-0.3, -0.25) is 8.98 Å². The molecule has 7 fully saturated rings. The highest BCUT2D eigenvalue weighted by Gasteiger charge is 2.66. The molecule has 6 aromatic carbocycles. The lowest BCUT2D eigenvalue weighted by Gasteiger charge is -2.55. The van der Waals surface area contributed by atoms with Gasteiger partial charge < -0.3 is 18.6 Å². The molecule has 6 aliphatic carbocycles. The fraction of sp³-hybridized carbons (Fsp3) is 0.377. The molecule has 0 N–H and O–H groups in total. The first-order valence-electron chi connectivity index (χ1n) is 27.2. The summed E-state index contributed by atoms with van der Waals surface area (Å²) >= 11 is 0. The summed E-state index contributed by atoms with van der Waals surface area (Å²) in [6, 6.07) is 62.5. The molecule has 6 aromatic rings. The second-order valence-electron chi connectivity index (χ2n) is 21.9. The van der Waals surface area contributed by atoms with Crippen molar-refractivity contribution in [1.82, 2.24) is 0 Å². The van der Waals surface area contributed by atoms with Gasteiger partial charge in [0.25, 0.3) is 10.1 Å². The molecule has 84 heavy (non-hydrogen) atoms. The van der Waals surface area contributed by atoms with Crippen LogP contribution in [0.5, 0.6) is 0 Å². The Hall–Kier alpha value is -5.66. The third-order valence-corrected chi connectivity index (χ3v) is 24.1. The number of benzene rings is 6. The van der Waals surface area contributed by atoms with Gasteiger partial charge in [-0.05, 0) is 149 Å². The summed E-state index contributed by atoms with van der Waals surface area (Å²) in [5, 5.41) is -11.0. The maximum Gasteiger partial charge on any atom is 0.428 e. The van der Waals surface area contributed by atoms with E-state index in [1.807, 2.05) is 0 Å². The monoisotopic (exact) mass is 1260 g/mol. The highest BCUT2D eigenvalue weighted by atomic mass is 32.2. The molecule has 1 heterocycles. The number of carbonyl (C=O) groups is 2. The van der Waals surface area contributed by atoms with E-state index in [9.17, 15) is 65.9 Å². The minimum absolute atomic E-state index is 0.0146. The lowest BCUT2D eigenvalue weighted by molar-refractivity contribution is -0.174. The maximum absolute atomic E-state index is 13.4. The van der Waals surface area contributed by atoms with Crippen LogP contribution in [0.3, 0.4) is 0 Å². The molecule has 13 rings (SSSR count). The molecule has 23 heteroatoms. The van der Waals surface area contributed by atoms with Gasteiger partial charge >= 0.3 is 22.4 Å². The predicted molar refractivity (Wildman–Crippen MR) is 302 cm³/mol. The number of rotatable bonds is 15. The molecule has 1 aliphatic heterocycles. The van der Waals surface area contributed by atoms with E-state index in [4.69, 9.17) is 8.92 Å². The van der Waals surface area contributed by atoms with Crippen LogP contribution in [0.1, 0.15) is 63.4 Å². The molecule has 6 atom stereocenters. The van der Waals surface area contributed by atoms with Crippen LogP contribution in [-0.2, 0) is 75.4 Å². The van der Waals surface area contributed by atoms with E-state index in [-0.39, 0.29) is 28.2 Å². The van der Waals surface area contributed by atoms with Crippen LogP contribution in [-0.4, -0.2) is 87.0 Å². The third kappa shape index (κ3) is 13.9. The zero-order valence-electron chi connectivity index (χ0n) is 45.2. The molecule has 0 spiro atoms. The minimum Gasteiger partial charge on any atom is -0.743 e. The zero-order chi connectivity index (χ0) is 60.2. The van der Waals surface area contributed by atoms with Gasteiger partial charge in [-0.25, -0.2) is 26.0 Å². The Bertz CT molecular complexity index is 3390. The van der Waals surface area contributed by atoms with Crippen LogP contribution in [0.25, 0.3) is 0 Å². The number of hydrogen-bond donors (Lipinski definition) is 0. The van der Waals surface area contributed by atoms with E-state index in [0.29, 0.717) is 24.2 Å². The summed E-state index contributed by atoms with van der Waals surface area (Å²) in [6.07, 6.45) is -0.648. The predicted octanol–water partition coefficient (Wildman–Crippen LogP) is 11.7. The average Bonchev–Trinajstić information content (AvgIpc) is 4.31. The quantitative estimate of drug-likeness (QED) is 0.0308. The smallest absolute Gasteiger partial charge is 0.428 e. The summed E-state index contributed by atoms with van der Waals surface area (Å²) < 4.78 is 165. The van der Waals surface area contributed by atoms with E-state index in [2.05, 4.69) is 188 Å². The number of ether oxygens (including phenoxy) is 2. The first kappa shape index (κ1) is 62.9. The first-order chi connectivity index (χ1) is 39.8. The van der Waals surface area contributed by atoms with Crippen LogP contribution in [0.2, 0.25) is 0 Å². The van der Waals surface area contributed by atoms with Crippen LogP contribution in [0, 0.1) is 41.9 Å². The van der Waals surface area contributed by atoms with Crippen LogP contribution in [0.4, 0.5) is 22.0 Å². The maximum atomic E-state index is 13.4. The second-order valence-corrected chi connectivity index (χ2v) is 30.6. The largest absolute Gasteiger partial charge is 0.743 e. The van der Waals surface area contributed by atoms with Gasteiger partial charge in [0.05, 0.1) is 39.1 Å². The summed E-state index contributed by atoms with van der Waals surface area (Å²) in [4.78, 5) is 31.8. The Kier molecular flexibility index (Phi) is 19.3. The Labute approximate surface area is 492 Å². The number of esters is 2. The van der Waals surface area contributed by atoms with Crippen molar-refractivity contribution < 1.29 is 79.6 Å². The standard InChI is InChI=1S/C19H17S.C18H15S.C15H21F3O5S.C9H10F2O8S2/c1-16-12-14-19(15-13-16)20(17-8-4-2-5-9-17)18-10-6-3-7-11-18;1-4-10-16(11-5-1)19(17-12-6-2-7-13-17)18-14-8-3-9-15-18;16-12(15(17,18)24(20,21)22)1-2-23-13(19)14-6-9-3-10(7-14)5-11(4-9)8-14;10-9(11,21(15,16)17)8(12)18-6-3-1-4-5(2-3)20(13,14)19-7(4)6/h2-15H,1H3;1-15H;9-12H,1-8H2,(H,20,21,22);3-7H,1-2H2,(H,15,16,17)/q2*+1;;/p-2. The molecule has 6 unspecified atom stereocenters. The molecule has 13 nitrogen and oxygen atoms in total. The van der Waals surface area contributed by atoms with Crippen molar-refractivity contribution >= 4 is 64.1 Å². The molecule has 0 amide bonds. The van der Waals surface area contributed by atoms with Gasteiger partial charge in [-0.1, -0.05) is 109 Å². The fourth-order valence-electron chi connectivity index (χ4n) is 12.7. The van der Waals surface area contributed by atoms with Gasteiger partial charge in [-0.15, -0.1) is 0 Å². The Morgan fingerprint density at radius 2 is 0.988 bits per heavy atom. The molecular weight excluding hydrogens is 1200 g/mol. The molecule has 0 aromatic heterocycles. The number of aryl methyl sites for hydroxylation is 1. The number of alkyl halides is 5. The minimum atomic E-state index is -6.21. The van der Waals surface area contributed by atoms with Crippen molar-refractivity contribution in [1.29, 1.82) is 0 Å². The lowest BCUT2D eigenvalue weighted by Crippen LogP contribution is -2.50. The van der Waals surface area contributed by atoms with E-state index >= 15 is 0 Å². The molecule has 1 saturated heterocycles. The second kappa shape index (κ2) is 25.7. The molecule has 7 aliphatic rings. The van der Waals surface area contributed by atoms with Gasteiger partial charge in [0.15, 0.2) is 55.8 Å². The third-order valence-electron chi connectivity index (χ3n) is 16.1. The van der Waals surface area contributed by atoms with E-state index in [1.54, 1.807) is 0 Å². The number of carbonyl (C=O) groups excluding carboxylic acids is 2. The molecule has 0 radical (unpaired) electrons. The molecule has 6 bridgehead atoms. The first-order valence-corrected chi connectivity index (χ1v) is 33.9.